The molecule has 148 valence electrons. The fourth-order valence-corrected chi connectivity index (χ4v) is 4.15. The molecule has 0 bridgehead atoms. The van der Waals surface area contributed by atoms with Gasteiger partial charge in [0.05, 0.1) is 11.1 Å². The van der Waals surface area contributed by atoms with Crippen molar-refractivity contribution in [1.29, 1.82) is 0 Å². The molecule has 2 aromatic carbocycles. The van der Waals surface area contributed by atoms with Crippen molar-refractivity contribution < 1.29 is 14.3 Å². The van der Waals surface area contributed by atoms with Crippen LogP contribution in [0.15, 0.2) is 53.0 Å². The molecule has 5 heteroatoms. The van der Waals surface area contributed by atoms with Gasteiger partial charge in [0.25, 0.3) is 0 Å². The van der Waals surface area contributed by atoms with Crippen LogP contribution < -0.4 is 0 Å². The number of hydrogen-bond donors (Lipinski definition) is 0. The zero-order chi connectivity index (χ0) is 20.2. The van der Waals surface area contributed by atoms with Gasteiger partial charge in [-0.1, -0.05) is 59.1 Å². The Bertz CT molecular complexity index is 1060. The molecule has 0 saturated heterocycles. The highest BCUT2D eigenvalue weighted by molar-refractivity contribution is 9.10. The van der Waals surface area contributed by atoms with Crippen LogP contribution >= 0.6 is 15.9 Å². The number of aromatic nitrogens is 1. The molecule has 1 aliphatic rings. The Morgan fingerprint density at radius 1 is 0.931 bits per heavy atom. The van der Waals surface area contributed by atoms with Gasteiger partial charge in [-0.05, 0) is 49.4 Å². The SMILES string of the molecule is O=C(COC(=O)c1c2c(nc3ccccc13)CCCCCC2)c1ccc(Br)cc1. The van der Waals surface area contributed by atoms with Gasteiger partial charge in [-0.2, -0.15) is 0 Å². The van der Waals surface area contributed by atoms with Crippen molar-refractivity contribution in [2.45, 2.75) is 38.5 Å². The molecule has 0 spiro atoms. The summed E-state index contributed by atoms with van der Waals surface area (Å²) in [6.45, 7) is -0.272. The summed E-state index contributed by atoms with van der Waals surface area (Å²) < 4.78 is 6.39. The number of aryl methyl sites for hydroxylation is 1. The molecular formula is C24H22BrNO3. The van der Waals surface area contributed by atoms with Crippen LogP contribution in [0.3, 0.4) is 0 Å². The minimum atomic E-state index is -0.439. The van der Waals surface area contributed by atoms with Gasteiger partial charge >= 0.3 is 5.97 Å². The molecule has 0 N–H and O–H groups in total. The Morgan fingerprint density at radius 2 is 1.66 bits per heavy atom. The first kappa shape index (κ1) is 19.8. The summed E-state index contributed by atoms with van der Waals surface area (Å²) in [6.07, 6.45) is 6.15. The Kier molecular flexibility index (Phi) is 6.05. The number of hydrogen-bond acceptors (Lipinski definition) is 4. The number of fused-ring (bicyclic) bond motifs is 2. The lowest BCUT2D eigenvalue weighted by Gasteiger charge is -2.18. The summed E-state index contributed by atoms with van der Waals surface area (Å²) in [5.74, 6) is -0.655. The molecule has 0 atom stereocenters. The maximum Gasteiger partial charge on any atom is 0.339 e. The highest BCUT2D eigenvalue weighted by atomic mass is 79.9. The second kappa shape index (κ2) is 8.87. The number of carbonyl (C=O) groups excluding carboxylic acids is 2. The predicted octanol–water partition coefficient (Wildman–Crippen LogP) is 5.70. The summed E-state index contributed by atoms with van der Waals surface area (Å²) in [5.41, 5.74) is 3.89. The number of ketones is 1. The topological polar surface area (TPSA) is 56.3 Å². The molecule has 0 aliphatic heterocycles. The van der Waals surface area contributed by atoms with Crippen molar-refractivity contribution in [3.05, 3.63) is 75.4 Å². The van der Waals surface area contributed by atoms with Crippen LogP contribution in [0.5, 0.6) is 0 Å². The van der Waals surface area contributed by atoms with E-state index in [1.807, 2.05) is 24.3 Å². The van der Waals surface area contributed by atoms with Crippen molar-refractivity contribution in [2.75, 3.05) is 6.61 Å². The molecule has 0 amide bonds. The highest BCUT2D eigenvalue weighted by Crippen LogP contribution is 2.29. The van der Waals surface area contributed by atoms with Gasteiger partial charge in [0.15, 0.2) is 12.4 Å². The fraction of sp³-hybridized carbons (Fsp3) is 0.292. The molecule has 1 heterocycles. The quantitative estimate of drug-likeness (QED) is 0.377. The van der Waals surface area contributed by atoms with Crippen LogP contribution in [0.1, 0.15) is 57.7 Å². The number of rotatable bonds is 4. The second-order valence-electron chi connectivity index (χ2n) is 7.35. The number of Topliss-reactive ketones (excluding diaryl/α,β-unsaturated/α-hetero) is 1. The molecule has 4 nitrogen and oxygen atoms in total. The molecule has 0 saturated carbocycles. The second-order valence-corrected chi connectivity index (χ2v) is 8.27. The standard InChI is InChI=1S/C24H22BrNO3/c25-17-13-11-16(12-14-17)22(27)15-29-24(28)23-18-7-3-1-2-4-9-20(18)26-21-10-6-5-8-19(21)23/h5-6,8,10-14H,1-4,7,9,15H2. The van der Waals surface area contributed by atoms with Crippen molar-refractivity contribution in [3.8, 4) is 0 Å². The van der Waals surface area contributed by atoms with Gasteiger partial charge in [0.2, 0.25) is 0 Å². The van der Waals surface area contributed by atoms with Crippen LogP contribution in [0, 0.1) is 0 Å². The summed E-state index contributed by atoms with van der Waals surface area (Å²) in [7, 11) is 0. The van der Waals surface area contributed by atoms with E-state index >= 15 is 0 Å². The highest BCUT2D eigenvalue weighted by Gasteiger charge is 2.23. The number of ether oxygens (including phenoxy) is 1. The van der Waals surface area contributed by atoms with Crippen LogP contribution in [-0.2, 0) is 17.6 Å². The molecule has 1 aromatic heterocycles. The monoisotopic (exact) mass is 451 g/mol. The van der Waals surface area contributed by atoms with E-state index < -0.39 is 5.97 Å². The first-order valence-electron chi connectivity index (χ1n) is 10.00. The lowest BCUT2D eigenvalue weighted by Crippen LogP contribution is -2.18. The lowest BCUT2D eigenvalue weighted by atomic mass is 9.91. The predicted molar refractivity (Wildman–Crippen MR) is 116 cm³/mol. The van der Waals surface area contributed by atoms with E-state index in [0.29, 0.717) is 11.1 Å². The normalized spacial score (nSPS) is 14.0. The van der Waals surface area contributed by atoms with Gasteiger partial charge in [-0.25, -0.2) is 4.79 Å². The maximum absolute atomic E-state index is 13.1. The van der Waals surface area contributed by atoms with Crippen LogP contribution in [-0.4, -0.2) is 23.3 Å². The Hall–Kier alpha value is -2.53. The van der Waals surface area contributed by atoms with Gasteiger partial charge in [-0.3, -0.25) is 9.78 Å². The third kappa shape index (κ3) is 4.40. The van der Waals surface area contributed by atoms with Gasteiger partial charge in [0.1, 0.15) is 0 Å². The third-order valence-corrected chi connectivity index (χ3v) is 5.90. The van der Waals surface area contributed by atoms with E-state index in [2.05, 4.69) is 15.9 Å². The largest absolute Gasteiger partial charge is 0.454 e. The number of pyridine rings is 1. The number of nitrogens with zero attached hydrogens (tertiary/aromatic N) is 1. The lowest BCUT2D eigenvalue weighted by molar-refractivity contribution is 0.0475. The van der Waals surface area contributed by atoms with Crippen LogP contribution in [0.2, 0.25) is 0 Å². The average molecular weight is 452 g/mol. The third-order valence-electron chi connectivity index (χ3n) is 5.37. The molecule has 0 fully saturated rings. The van der Waals surface area contributed by atoms with Crippen LogP contribution in [0.4, 0.5) is 0 Å². The zero-order valence-corrected chi connectivity index (χ0v) is 17.7. The first-order chi connectivity index (χ1) is 14.1. The van der Waals surface area contributed by atoms with Crippen molar-refractivity contribution in [2.24, 2.45) is 0 Å². The first-order valence-corrected chi connectivity index (χ1v) is 10.8. The molecule has 4 rings (SSSR count). The number of esters is 1. The minimum Gasteiger partial charge on any atom is -0.454 e. The Balaban J connectivity index is 1.64. The van der Waals surface area contributed by atoms with E-state index in [4.69, 9.17) is 9.72 Å². The molecule has 0 unspecified atom stereocenters. The number of benzene rings is 2. The fourth-order valence-electron chi connectivity index (χ4n) is 3.88. The van der Waals surface area contributed by atoms with Gasteiger partial charge < -0.3 is 4.74 Å². The Labute approximate surface area is 178 Å². The summed E-state index contributed by atoms with van der Waals surface area (Å²) in [4.78, 5) is 30.4. The number of halogens is 1. The summed E-state index contributed by atoms with van der Waals surface area (Å²) in [5, 5.41) is 0.799. The van der Waals surface area contributed by atoms with Crippen LogP contribution in [0.25, 0.3) is 10.9 Å². The van der Waals surface area contributed by atoms with E-state index in [-0.39, 0.29) is 12.4 Å². The smallest absolute Gasteiger partial charge is 0.339 e. The minimum absolute atomic E-state index is 0.216. The molecule has 0 radical (unpaired) electrons. The van der Waals surface area contributed by atoms with E-state index in [1.54, 1.807) is 24.3 Å². The van der Waals surface area contributed by atoms with Gasteiger partial charge in [-0.15, -0.1) is 0 Å². The summed E-state index contributed by atoms with van der Waals surface area (Å²) >= 11 is 3.35. The van der Waals surface area contributed by atoms with E-state index in [9.17, 15) is 9.59 Å². The summed E-state index contributed by atoms with van der Waals surface area (Å²) in [6, 6.07) is 14.7. The number of carbonyl (C=O) groups is 2. The molecule has 1 aliphatic carbocycles. The average Bonchev–Trinajstić information content (AvgIpc) is 2.72. The van der Waals surface area contributed by atoms with E-state index in [1.165, 1.54) is 6.42 Å². The van der Waals surface area contributed by atoms with Crippen molar-refractivity contribution in [1.82, 2.24) is 4.98 Å². The van der Waals surface area contributed by atoms with Crippen molar-refractivity contribution >= 4 is 38.6 Å². The zero-order valence-electron chi connectivity index (χ0n) is 16.1. The molecule has 29 heavy (non-hydrogen) atoms. The Morgan fingerprint density at radius 3 is 2.45 bits per heavy atom. The van der Waals surface area contributed by atoms with E-state index in [0.717, 1.165) is 58.7 Å². The number of para-hydroxylation sites is 1. The molecular weight excluding hydrogens is 430 g/mol. The van der Waals surface area contributed by atoms with Crippen molar-refractivity contribution in [3.63, 3.8) is 0 Å². The maximum atomic E-state index is 13.1. The molecule has 3 aromatic rings. The van der Waals surface area contributed by atoms with Gasteiger partial charge in [0, 0.05) is 21.1 Å².